The molecule has 3 rings (SSSR count). The lowest BCUT2D eigenvalue weighted by molar-refractivity contribution is -0.139. The highest BCUT2D eigenvalue weighted by atomic mass is 79.9. The molecule has 1 fully saturated rings. The first-order valence-electron chi connectivity index (χ1n) is 11.8. The molecular formula is C26H34BrN3O4S. The maximum Gasteiger partial charge on any atom is 0.244 e. The quantitative estimate of drug-likeness (QED) is 0.492. The molecule has 1 aliphatic rings. The fraction of sp³-hybridized carbons (Fsp3) is 0.462. The lowest BCUT2D eigenvalue weighted by Gasteiger charge is -2.32. The third kappa shape index (κ3) is 7.30. The zero-order chi connectivity index (χ0) is 25.8. The van der Waals surface area contributed by atoms with Crippen LogP contribution >= 0.6 is 15.9 Å². The van der Waals surface area contributed by atoms with Gasteiger partial charge in [-0.05, 0) is 74.6 Å². The molecule has 0 bridgehead atoms. The lowest BCUT2D eigenvalue weighted by atomic mass is 10.1. The van der Waals surface area contributed by atoms with Crippen molar-refractivity contribution in [2.45, 2.75) is 65.1 Å². The van der Waals surface area contributed by atoms with E-state index >= 15 is 0 Å². The number of rotatable bonds is 9. The van der Waals surface area contributed by atoms with Crippen LogP contribution in [0.15, 0.2) is 46.9 Å². The molecule has 0 saturated heterocycles. The summed E-state index contributed by atoms with van der Waals surface area (Å²) in [5.41, 5.74) is 3.23. The Morgan fingerprint density at radius 2 is 1.69 bits per heavy atom. The molecule has 0 heterocycles. The first-order valence-corrected chi connectivity index (χ1v) is 14.5. The summed E-state index contributed by atoms with van der Waals surface area (Å²) in [6.45, 7) is 5.34. The van der Waals surface area contributed by atoms with Crippen molar-refractivity contribution in [3.8, 4) is 0 Å². The Labute approximate surface area is 217 Å². The van der Waals surface area contributed by atoms with Crippen LogP contribution in [0.1, 0.15) is 49.3 Å². The van der Waals surface area contributed by atoms with Crippen LogP contribution in [0, 0.1) is 13.8 Å². The molecule has 0 radical (unpaired) electrons. The van der Waals surface area contributed by atoms with Gasteiger partial charge in [0.05, 0.1) is 11.9 Å². The van der Waals surface area contributed by atoms with Gasteiger partial charge in [-0.2, -0.15) is 0 Å². The Kier molecular flexibility index (Phi) is 8.99. The maximum atomic E-state index is 13.6. The molecule has 0 unspecified atom stereocenters. The lowest BCUT2D eigenvalue weighted by Crippen LogP contribution is -2.52. The van der Waals surface area contributed by atoms with Crippen LogP contribution in [-0.2, 0) is 26.2 Å². The third-order valence-corrected chi connectivity index (χ3v) is 8.26. The number of nitrogens with zero attached hydrogens (tertiary/aromatic N) is 2. The number of carbonyl (C=O) groups is 2. The van der Waals surface area contributed by atoms with E-state index in [1.54, 1.807) is 19.1 Å². The summed E-state index contributed by atoms with van der Waals surface area (Å²) in [5, 5.41) is 3.07. The topological polar surface area (TPSA) is 86.8 Å². The van der Waals surface area contributed by atoms with Gasteiger partial charge in [0.1, 0.15) is 12.6 Å². The fourth-order valence-electron chi connectivity index (χ4n) is 4.26. The number of hydrogen-bond donors (Lipinski definition) is 1. The van der Waals surface area contributed by atoms with Crippen LogP contribution in [0.2, 0.25) is 0 Å². The van der Waals surface area contributed by atoms with Crippen LogP contribution in [0.3, 0.4) is 0 Å². The summed E-state index contributed by atoms with van der Waals surface area (Å²) < 4.78 is 27.4. The summed E-state index contributed by atoms with van der Waals surface area (Å²) in [4.78, 5) is 28.2. The Hall–Kier alpha value is -2.39. The Balaban J connectivity index is 1.88. The molecule has 2 amide bonds. The molecule has 7 nitrogen and oxygen atoms in total. The van der Waals surface area contributed by atoms with E-state index in [1.807, 2.05) is 44.2 Å². The van der Waals surface area contributed by atoms with Crippen molar-refractivity contribution in [2.75, 3.05) is 17.1 Å². The monoisotopic (exact) mass is 563 g/mol. The number of sulfonamides is 1. The minimum atomic E-state index is -3.74. The number of hydrogen-bond acceptors (Lipinski definition) is 4. The van der Waals surface area contributed by atoms with E-state index in [1.165, 1.54) is 4.90 Å². The number of amides is 2. The number of halogens is 1. The molecule has 1 aliphatic carbocycles. The molecule has 35 heavy (non-hydrogen) atoms. The van der Waals surface area contributed by atoms with Crippen molar-refractivity contribution >= 4 is 43.5 Å². The molecular weight excluding hydrogens is 530 g/mol. The third-order valence-electron chi connectivity index (χ3n) is 6.59. The van der Waals surface area contributed by atoms with Gasteiger partial charge in [-0.3, -0.25) is 13.9 Å². The second-order valence-corrected chi connectivity index (χ2v) is 12.2. The molecule has 0 aromatic heterocycles. The van der Waals surface area contributed by atoms with Gasteiger partial charge in [0.25, 0.3) is 0 Å². The molecule has 9 heteroatoms. The summed E-state index contributed by atoms with van der Waals surface area (Å²) in [5.74, 6) is -0.662. The van der Waals surface area contributed by atoms with Crippen LogP contribution < -0.4 is 9.62 Å². The molecule has 1 N–H and O–H groups in total. The molecule has 2 aromatic carbocycles. The number of anilines is 1. The number of carbonyl (C=O) groups excluding carboxylic acids is 2. The van der Waals surface area contributed by atoms with Gasteiger partial charge in [-0.25, -0.2) is 8.42 Å². The highest BCUT2D eigenvalue weighted by Gasteiger charge is 2.31. The van der Waals surface area contributed by atoms with Crippen molar-refractivity contribution in [3.05, 3.63) is 63.6 Å². The van der Waals surface area contributed by atoms with Crippen LogP contribution in [0.25, 0.3) is 0 Å². The van der Waals surface area contributed by atoms with Crippen molar-refractivity contribution in [3.63, 3.8) is 0 Å². The van der Waals surface area contributed by atoms with Crippen molar-refractivity contribution < 1.29 is 18.0 Å². The molecule has 2 aromatic rings. The van der Waals surface area contributed by atoms with Crippen molar-refractivity contribution in [2.24, 2.45) is 0 Å². The van der Waals surface area contributed by atoms with E-state index < -0.39 is 22.0 Å². The number of benzene rings is 2. The average Bonchev–Trinajstić information content (AvgIpc) is 3.30. The second kappa shape index (κ2) is 11.6. The van der Waals surface area contributed by atoms with Gasteiger partial charge in [-0.1, -0.05) is 47.0 Å². The Morgan fingerprint density at radius 3 is 2.26 bits per heavy atom. The van der Waals surface area contributed by atoms with Gasteiger partial charge in [-0.15, -0.1) is 0 Å². The van der Waals surface area contributed by atoms with Crippen LogP contribution in [-0.4, -0.2) is 50.0 Å². The average molecular weight is 565 g/mol. The van der Waals surface area contributed by atoms with E-state index in [2.05, 4.69) is 21.2 Å². The Bertz CT molecular complexity index is 1160. The Morgan fingerprint density at radius 1 is 1.06 bits per heavy atom. The van der Waals surface area contributed by atoms with Gasteiger partial charge in [0, 0.05) is 17.1 Å². The van der Waals surface area contributed by atoms with E-state index in [0.717, 1.165) is 57.4 Å². The van der Waals surface area contributed by atoms with Crippen LogP contribution in [0.5, 0.6) is 0 Å². The second-order valence-electron chi connectivity index (χ2n) is 9.35. The van der Waals surface area contributed by atoms with Crippen molar-refractivity contribution in [1.29, 1.82) is 0 Å². The first kappa shape index (κ1) is 27.2. The minimum absolute atomic E-state index is 0.123. The molecule has 1 atom stereocenters. The fourth-order valence-corrected chi connectivity index (χ4v) is 5.36. The molecule has 190 valence electrons. The predicted molar refractivity (Wildman–Crippen MR) is 143 cm³/mol. The van der Waals surface area contributed by atoms with E-state index in [4.69, 9.17) is 0 Å². The summed E-state index contributed by atoms with van der Waals surface area (Å²) >= 11 is 3.41. The largest absolute Gasteiger partial charge is 0.352 e. The van der Waals surface area contributed by atoms with E-state index in [0.29, 0.717) is 5.69 Å². The zero-order valence-corrected chi connectivity index (χ0v) is 23.2. The van der Waals surface area contributed by atoms with Gasteiger partial charge < -0.3 is 10.2 Å². The van der Waals surface area contributed by atoms with Crippen LogP contribution in [0.4, 0.5) is 5.69 Å². The predicted octanol–water partition coefficient (Wildman–Crippen LogP) is 4.31. The van der Waals surface area contributed by atoms with E-state index in [-0.39, 0.29) is 25.0 Å². The SMILES string of the molecule is Cc1ccc(N(CC(=O)N(Cc2ccc(Br)cc2)[C@@H](C)C(=O)NC2CCCC2)S(C)(=O)=O)cc1C. The molecule has 0 aliphatic heterocycles. The highest BCUT2D eigenvalue weighted by molar-refractivity contribution is 9.10. The maximum absolute atomic E-state index is 13.6. The van der Waals surface area contributed by atoms with E-state index in [9.17, 15) is 18.0 Å². The van der Waals surface area contributed by atoms with Gasteiger partial charge in [0.15, 0.2) is 0 Å². The van der Waals surface area contributed by atoms with Gasteiger partial charge in [0.2, 0.25) is 21.8 Å². The first-order chi connectivity index (χ1) is 16.5. The molecule has 1 saturated carbocycles. The summed E-state index contributed by atoms with van der Waals surface area (Å²) in [6, 6.07) is 12.2. The summed E-state index contributed by atoms with van der Waals surface area (Å²) in [6.07, 6.45) is 5.13. The number of aryl methyl sites for hydroxylation is 2. The minimum Gasteiger partial charge on any atom is -0.352 e. The summed E-state index contributed by atoms with van der Waals surface area (Å²) in [7, 11) is -3.74. The standard InChI is InChI=1S/C26H34BrN3O4S/c1-18-9-14-24(15-19(18)2)30(35(4,33)34)17-25(31)29(16-21-10-12-22(27)13-11-21)20(3)26(32)28-23-7-5-6-8-23/h9-15,20,23H,5-8,16-17H2,1-4H3,(H,28,32)/t20-/m0/s1. The zero-order valence-electron chi connectivity index (χ0n) is 20.8. The normalized spacial score (nSPS) is 15.0. The smallest absolute Gasteiger partial charge is 0.244 e. The highest BCUT2D eigenvalue weighted by Crippen LogP contribution is 2.23. The van der Waals surface area contributed by atoms with Gasteiger partial charge >= 0.3 is 0 Å². The van der Waals surface area contributed by atoms with Crippen molar-refractivity contribution in [1.82, 2.24) is 10.2 Å². The molecule has 0 spiro atoms. The number of nitrogens with one attached hydrogen (secondary N) is 1.